The van der Waals surface area contributed by atoms with Crippen molar-refractivity contribution in [1.29, 1.82) is 0 Å². The fourth-order valence-electron chi connectivity index (χ4n) is 1.75. The van der Waals surface area contributed by atoms with E-state index in [4.69, 9.17) is 5.53 Å². The van der Waals surface area contributed by atoms with Crippen LogP contribution in [0.1, 0.15) is 12.0 Å². The Hall–Kier alpha value is -3.10. The average Bonchev–Trinajstić information content (AvgIpc) is 2.46. The van der Waals surface area contributed by atoms with Crippen LogP contribution in [0.4, 0.5) is 5.69 Å². The fraction of sp³-hybridized carbons (Fsp3) is 0.154. The number of pyridine rings is 1. The van der Waals surface area contributed by atoms with Gasteiger partial charge in [-0.2, -0.15) is 0 Å². The van der Waals surface area contributed by atoms with Crippen LogP contribution in [0.15, 0.2) is 35.7 Å². The maximum Gasteiger partial charge on any atom is 0.278 e. The number of hydrogen-bond acceptors (Lipinski definition) is 4. The van der Waals surface area contributed by atoms with Gasteiger partial charge in [0.2, 0.25) is 0 Å². The molecule has 0 radical (unpaired) electrons. The molecule has 7 heteroatoms. The first-order valence-electron chi connectivity index (χ1n) is 5.75. The number of non-ortho nitro benzene ring substituents is 1. The van der Waals surface area contributed by atoms with Crippen molar-refractivity contribution in [2.75, 3.05) is 6.54 Å². The minimum absolute atomic E-state index is 0.00716. The maximum absolute atomic E-state index is 11.0. The zero-order chi connectivity index (χ0) is 14.4. The molecule has 0 saturated heterocycles. The highest BCUT2D eigenvalue weighted by atomic mass is 16.6. The third kappa shape index (κ3) is 2.83. The van der Waals surface area contributed by atoms with E-state index in [1.807, 2.05) is 0 Å². The number of nitro groups is 1. The normalized spacial score (nSPS) is 9.40. The van der Waals surface area contributed by atoms with E-state index in [0.29, 0.717) is 29.3 Å². The van der Waals surface area contributed by atoms with Gasteiger partial charge in [0.1, 0.15) is 0 Å². The Balaban J connectivity index is 2.43. The molecular formula is C13H9N5O2. The summed E-state index contributed by atoms with van der Waals surface area (Å²) in [5.41, 5.74) is 8.84. The number of benzene rings is 1. The molecule has 0 atom stereocenters. The minimum atomic E-state index is -0.442. The second kappa shape index (κ2) is 6.18. The quantitative estimate of drug-likeness (QED) is 0.162. The van der Waals surface area contributed by atoms with Crippen molar-refractivity contribution in [2.24, 2.45) is 5.11 Å². The van der Waals surface area contributed by atoms with E-state index in [0.717, 1.165) is 0 Å². The Morgan fingerprint density at radius 2 is 2.25 bits per heavy atom. The van der Waals surface area contributed by atoms with Gasteiger partial charge in [-0.05, 0) is 17.7 Å². The van der Waals surface area contributed by atoms with Crippen molar-refractivity contribution in [1.82, 2.24) is 4.98 Å². The lowest BCUT2D eigenvalue weighted by Gasteiger charge is -2.01. The summed E-state index contributed by atoms with van der Waals surface area (Å²) in [6, 6.07) is 4.72. The molecule has 0 unspecified atom stereocenters. The lowest BCUT2D eigenvalue weighted by Crippen LogP contribution is -1.91. The van der Waals surface area contributed by atoms with Crippen molar-refractivity contribution in [3.63, 3.8) is 0 Å². The van der Waals surface area contributed by atoms with Crippen LogP contribution in [0.3, 0.4) is 0 Å². The number of rotatable bonds is 3. The van der Waals surface area contributed by atoms with Gasteiger partial charge in [0.25, 0.3) is 5.69 Å². The highest BCUT2D eigenvalue weighted by Crippen LogP contribution is 2.26. The molecule has 7 nitrogen and oxygen atoms in total. The molecule has 0 aliphatic heterocycles. The summed E-state index contributed by atoms with van der Waals surface area (Å²) >= 11 is 0. The number of fused-ring (bicyclic) bond motifs is 1. The predicted molar refractivity (Wildman–Crippen MR) is 73.9 cm³/mol. The molecule has 0 aliphatic rings. The predicted octanol–water partition coefficient (Wildman–Crippen LogP) is 3.19. The highest BCUT2D eigenvalue weighted by molar-refractivity contribution is 5.94. The average molecular weight is 267 g/mol. The first-order chi connectivity index (χ1) is 9.74. The van der Waals surface area contributed by atoms with Gasteiger partial charge in [-0.25, -0.2) is 0 Å². The summed E-state index contributed by atoms with van der Waals surface area (Å²) in [7, 11) is 0. The Morgan fingerprint density at radius 3 is 3.00 bits per heavy atom. The van der Waals surface area contributed by atoms with Crippen molar-refractivity contribution in [3.8, 4) is 11.8 Å². The molecule has 2 rings (SSSR count). The second-order valence-electron chi connectivity index (χ2n) is 3.82. The van der Waals surface area contributed by atoms with Gasteiger partial charge >= 0.3 is 0 Å². The molecule has 20 heavy (non-hydrogen) atoms. The smallest absolute Gasteiger partial charge is 0.264 e. The molecule has 0 aliphatic carbocycles. The fourth-order valence-corrected chi connectivity index (χ4v) is 1.75. The van der Waals surface area contributed by atoms with Gasteiger partial charge < -0.3 is 0 Å². The van der Waals surface area contributed by atoms with Crippen LogP contribution >= 0.6 is 0 Å². The van der Waals surface area contributed by atoms with Crippen molar-refractivity contribution in [3.05, 3.63) is 56.7 Å². The summed E-state index contributed by atoms with van der Waals surface area (Å²) in [5, 5.41) is 15.5. The van der Waals surface area contributed by atoms with Crippen LogP contribution in [0.5, 0.6) is 0 Å². The van der Waals surface area contributed by atoms with E-state index >= 15 is 0 Å². The van der Waals surface area contributed by atoms with E-state index in [2.05, 4.69) is 26.9 Å². The van der Waals surface area contributed by atoms with Gasteiger partial charge in [0.15, 0.2) is 0 Å². The Labute approximate surface area is 114 Å². The molecule has 0 spiro atoms. The van der Waals surface area contributed by atoms with E-state index < -0.39 is 4.92 Å². The van der Waals surface area contributed by atoms with E-state index in [1.54, 1.807) is 18.3 Å². The summed E-state index contributed by atoms with van der Waals surface area (Å²) in [4.78, 5) is 17.1. The summed E-state index contributed by atoms with van der Waals surface area (Å²) in [6.07, 6.45) is 3.46. The second-order valence-corrected chi connectivity index (χ2v) is 3.82. The molecule has 2 aromatic rings. The lowest BCUT2D eigenvalue weighted by molar-refractivity contribution is -0.383. The Bertz CT molecular complexity index is 769. The molecule has 1 aromatic carbocycles. The van der Waals surface area contributed by atoms with Gasteiger partial charge in [0, 0.05) is 47.3 Å². The molecular weight excluding hydrogens is 258 g/mol. The monoisotopic (exact) mass is 267 g/mol. The van der Waals surface area contributed by atoms with Crippen LogP contribution in [-0.4, -0.2) is 16.5 Å². The van der Waals surface area contributed by atoms with Crippen LogP contribution in [-0.2, 0) is 0 Å². The van der Waals surface area contributed by atoms with Crippen molar-refractivity contribution >= 4 is 16.5 Å². The van der Waals surface area contributed by atoms with Crippen LogP contribution in [0.2, 0.25) is 0 Å². The summed E-state index contributed by atoms with van der Waals surface area (Å²) in [6.45, 7) is 0.302. The van der Waals surface area contributed by atoms with Gasteiger partial charge in [-0.1, -0.05) is 17.0 Å². The number of hydrogen-bond donors (Lipinski definition) is 0. The van der Waals surface area contributed by atoms with Gasteiger partial charge in [-0.15, -0.1) is 0 Å². The summed E-state index contributed by atoms with van der Waals surface area (Å²) in [5.74, 6) is 5.80. The first-order valence-corrected chi connectivity index (χ1v) is 5.75. The van der Waals surface area contributed by atoms with Crippen molar-refractivity contribution in [2.45, 2.75) is 6.42 Å². The molecule has 1 heterocycles. The number of aromatic nitrogens is 1. The summed E-state index contributed by atoms with van der Waals surface area (Å²) < 4.78 is 0. The molecule has 1 aromatic heterocycles. The number of nitrogens with zero attached hydrogens (tertiary/aromatic N) is 5. The zero-order valence-corrected chi connectivity index (χ0v) is 10.4. The van der Waals surface area contributed by atoms with E-state index in [9.17, 15) is 10.1 Å². The molecule has 0 bridgehead atoms. The Kier molecular flexibility index (Phi) is 4.12. The molecule has 0 amide bonds. The standard InChI is InChI=1S/C13H9N5O2/c14-17-16-7-2-1-3-10-4-5-13(18(19)20)12-9-15-8-6-11(10)12/h4-6,8-9H,2,7H2. The third-order valence-corrected chi connectivity index (χ3v) is 2.61. The van der Waals surface area contributed by atoms with Crippen LogP contribution < -0.4 is 0 Å². The largest absolute Gasteiger partial charge is 0.278 e. The lowest BCUT2D eigenvalue weighted by atomic mass is 10.1. The zero-order valence-electron chi connectivity index (χ0n) is 10.4. The molecule has 0 fully saturated rings. The van der Waals surface area contributed by atoms with E-state index in [-0.39, 0.29) is 5.69 Å². The van der Waals surface area contributed by atoms with Crippen LogP contribution in [0, 0.1) is 22.0 Å². The maximum atomic E-state index is 11.0. The molecule has 0 N–H and O–H groups in total. The number of nitro benzene ring substituents is 1. The topological polar surface area (TPSA) is 105 Å². The van der Waals surface area contributed by atoms with Crippen LogP contribution in [0.25, 0.3) is 21.2 Å². The minimum Gasteiger partial charge on any atom is -0.264 e. The van der Waals surface area contributed by atoms with Gasteiger partial charge in [0.05, 0.1) is 10.3 Å². The van der Waals surface area contributed by atoms with Crippen molar-refractivity contribution < 1.29 is 4.92 Å². The highest BCUT2D eigenvalue weighted by Gasteiger charge is 2.13. The SMILES string of the molecule is [N-]=[N+]=NCCC#Cc1ccc([N+](=O)[O-])c2cnccc12. The van der Waals surface area contributed by atoms with Gasteiger partial charge in [-0.3, -0.25) is 15.1 Å². The third-order valence-electron chi connectivity index (χ3n) is 2.61. The van der Waals surface area contributed by atoms with E-state index in [1.165, 1.54) is 12.3 Å². The molecule has 98 valence electrons. The Morgan fingerprint density at radius 1 is 1.40 bits per heavy atom. The molecule has 0 saturated carbocycles. The number of azide groups is 1. The first kappa shape index (κ1) is 13.3.